The van der Waals surface area contributed by atoms with Crippen molar-refractivity contribution in [1.82, 2.24) is 9.78 Å². The first-order valence-corrected chi connectivity index (χ1v) is 5.98. The normalized spacial score (nSPS) is 12.1. The van der Waals surface area contributed by atoms with E-state index in [1.54, 1.807) is 12.1 Å². The zero-order chi connectivity index (χ0) is 13.1. The molecule has 0 spiro atoms. The summed E-state index contributed by atoms with van der Waals surface area (Å²) in [6.45, 7) is 2.54. The van der Waals surface area contributed by atoms with Crippen LogP contribution in [0.2, 0.25) is 5.02 Å². The van der Waals surface area contributed by atoms with Crippen molar-refractivity contribution in [3.63, 3.8) is 0 Å². The minimum atomic E-state index is 0.160. The Labute approximate surface area is 111 Å². The number of hydrogen-bond acceptors (Lipinski definition) is 3. The van der Waals surface area contributed by atoms with Crippen molar-refractivity contribution in [2.45, 2.75) is 13.0 Å². The topological polar surface area (TPSA) is 67.6 Å². The Bertz CT molecular complexity index is 597. The number of halogens is 1. The van der Waals surface area contributed by atoms with E-state index in [0.717, 1.165) is 11.3 Å². The second-order valence-electron chi connectivity index (χ2n) is 4.07. The van der Waals surface area contributed by atoms with Crippen LogP contribution in [0.1, 0.15) is 18.5 Å². The SMILES string of the molecule is C[C@@H](CN)n1ccc(-c2ccc(C#N)c(Cl)c2)n1. The molecule has 2 aromatic rings. The monoisotopic (exact) mass is 260 g/mol. The van der Waals surface area contributed by atoms with Crippen LogP contribution in [-0.4, -0.2) is 16.3 Å². The van der Waals surface area contributed by atoms with Gasteiger partial charge in [-0.25, -0.2) is 0 Å². The van der Waals surface area contributed by atoms with Crippen LogP contribution in [-0.2, 0) is 0 Å². The molecule has 0 amide bonds. The molecule has 5 heteroatoms. The average molecular weight is 261 g/mol. The number of nitrogens with two attached hydrogens (primary N) is 1. The highest BCUT2D eigenvalue weighted by molar-refractivity contribution is 6.32. The van der Waals surface area contributed by atoms with E-state index < -0.39 is 0 Å². The Morgan fingerprint density at radius 3 is 2.89 bits per heavy atom. The van der Waals surface area contributed by atoms with E-state index in [2.05, 4.69) is 5.10 Å². The minimum Gasteiger partial charge on any atom is -0.328 e. The maximum absolute atomic E-state index is 8.82. The maximum Gasteiger partial charge on any atom is 0.101 e. The number of nitriles is 1. The standard InChI is InChI=1S/C13H13ClN4/c1-9(7-15)18-5-4-13(17-18)10-2-3-11(8-16)12(14)6-10/h2-6,9H,7,15H2,1H3/t9-/m0/s1. The summed E-state index contributed by atoms with van der Waals surface area (Å²) in [7, 11) is 0. The van der Waals surface area contributed by atoms with E-state index in [-0.39, 0.29) is 6.04 Å². The Morgan fingerprint density at radius 1 is 1.50 bits per heavy atom. The zero-order valence-corrected chi connectivity index (χ0v) is 10.7. The summed E-state index contributed by atoms with van der Waals surface area (Å²) in [5.41, 5.74) is 7.78. The molecule has 1 aromatic carbocycles. The lowest BCUT2D eigenvalue weighted by Crippen LogP contribution is -2.16. The molecule has 0 radical (unpaired) electrons. The molecule has 0 saturated carbocycles. The molecule has 2 rings (SSSR count). The molecule has 92 valence electrons. The molecule has 2 N–H and O–H groups in total. The van der Waals surface area contributed by atoms with Gasteiger partial charge in [0.1, 0.15) is 6.07 Å². The molecule has 1 atom stereocenters. The summed E-state index contributed by atoms with van der Waals surface area (Å²) in [4.78, 5) is 0. The molecule has 18 heavy (non-hydrogen) atoms. The Hall–Kier alpha value is -1.83. The van der Waals surface area contributed by atoms with Crippen LogP contribution in [0, 0.1) is 11.3 Å². The number of nitrogens with zero attached hydrogens (tertiary/aromatic N) is 3. The third-order valence-corrected chi connectivity index (χ3v) is 3.10. The Morgan fingerprint density at radius 2 is 2.28 bits per heavy atom. The van der Waals surface area contributed by atoms with E-state index in [1.807, 2.05) is 36.0 Å². The largest absolute Gasteiger partial charge is 0.328 e. The lowest BCUT2D eigenvalue weighted by atomic mass is 10.1. The fourth-order valence-corrected chi connectivity index (χ4v) is 1.83. The van der Waals surface area contributed by atoms with Crippen LogP contribution >= 0.6 is 11.6 Å². The smallest absolute Gasteiger partial charge is 0.101 e. The van der Waals surface area contributed by atoms with Crippen molar-refractivity contribution < 1.29 is 0 Å². The molecule has 4 nitrogen and oxygen atoms in total. The van der Waals surface area contributed by atoms with Gasteiger partial charge in [-0.1, -0.05) is 17.7 Å². The van der Waals surface area contributed by atoms with Gasteiger partial charge in [0.15, 0.2) is 0 Å². The lowest BCUT2D eigenvalue weighted by Gasteiger charge is -2.08. The molecular formula is C13H13ClN4. The molecular weight excluding hydrogens is 248 g/mol. The number of rotatable bonds is 3. The summed E-state index contributed by atoms with van der Waals surface area (Å²) >= 11 is 6.00. The van der Waals surface area contributed by atoms with Gasteiger partial charge in [0.05, 0.1) is 22.3 Å². The first-order chi connectivity index (χ1) is 8.65. The van der Waals surface area contributed by atoms with Gasteiger partial charge >= 0.3 is 0 Å². The molecule has 0 aliphatic heterocycles. The van der Waals surface area contributed by atoms with Gasteiger partial charge in [-0.05, 0) is 25.1 Å². The van der Waals surface area contributed by atoms with E-state index in [4.69, 9.17) is 22.6 Å². The van der Waals surface area contributed by atoms with Crippen molar-refractivity contribution in [2.75, 3.05) is 6.54 Å². The Kier molecular flexibility index (Phi) is 3.66. The predicted molar refractivity (Wildman–Crippen MR) is 71.2 cm³/mol. The second kappa shape index (κ2) is 5.21. The third kappa shape index (κ3) is 2.37. The molecule has 0 saturated heterocycles. The van der Waals surface area contributed by atoms with Gasteiger partial charge in [-0.2, -0.15) is 10.4 Å². The van der Waals surface area contributed by atoms with Crippen LogP contribution < -0.4 is 5.73 Å². The molecule has 1 heterocycles. The van der Waals surface area contributed by atoms with Crippen molar-refractivity contribution in [2.24, 2.45) is 5.73 Å². The molecule has 0 bridgehead atoms. The summed E-state index contributed by atoms with van der Waals surface area (Å²) < 4.78 is 1.82. The van der Waals surface area contributed by atoms with Gasteiger partial charge in [0.25, 0.3) is 0 Å². The highest BCUT2D eigenvalue weighted by Crippen LogP contribution is 2.24. The van der Waals surface area contributed by atoms with Crippen molar-refractivity contribution in [3.05, 3.63) is 41.0 Å². The van der Waals surface area contributed by atoms with Gasteiger partial charge in [-0.15, -0.1) is 0 Å². The van der Waals surface area contributed by atoms with Crippen LogP contribution in [0.4, 0.5) is 0 Å². The van der Waals surface area contributed by atoms with E-state index >= 15 is 0 Å². The van der Waals surface area contributed by atoms with Gasteiger partial charge < -0.3 is 5.73 Å². The summed E-state index contributed by atoms with van der Waals surface area (Å²) in [5.74, 6) is 0. The number of benzene rings is 1. The van der Waals surface area contributed by atoms with E-state index in [1.165, 1.54) is 0 Å². The molecule has 0 aliphatic carbocycles. The van der Waals surface area contributed by atoms with Crippen LogP contribution in [0.25, 0.3) is 11.3 Å². The lowest BCUT2D eigenvalue weighted by molar-refractivity contribution is 0.502. The minimum absolute atomic E-state index is 0.160. The number of aromatic nitrogens is 2. The summed E-state index contributed by atoms with van der Waals surface area (Å²) in [6.07, 6.45) is 1.89. The summed E-state index contributed by atoms with van der Waals surface area (Å²) in [6, 6.07) is 9.38. The van der Waals surface area contributed by atoms with Gasteiger partial charge in [0.2, 0.25) is 0 Å². The van der Waals surface area contributed by atoms with Crippen LogP contribution in [0.3, 0.4) is 0 Å². The average Bonchev–Trinajstić information content (AvgIpc) is 2.87. The molecule has 0 fully saturated rings. The first kappa shape index (κ1) is 12.6. The maximum atomic E-state index is 8.82. The molecule has 0 aliphatic rings. The van der Waals surface area contributed by atoms with Crippen LogP contribution in [0.5, 0.6) is 0 Å². The molecule has 1 aromatic heterocycles. The highest BCUT2D eigenvalue weighted by Gasteiger charge is 2.08. The van der Waals surface area contributed by atoms with Gasteiger partial charge in [-0.3, -0.25) is 4.68 Å². The van der Waals surface area contributed by atoms with E-state index in [0.29, 0.717) is 17.1 Å². The highest BCUT2D eigenvalue weighted by atomic mass is 35.5. The predicted octanol–water partition coefficient (Wildman–Crippen LogP) is 2.59. The first-order valence-electron chi connectivity index (χ1n) is 5.61. The number of hydrogen-bond donors (Lipinski definition) is 1. The fraction of sp³-hybridized carbons (Fsp3) is 0.231. The Balaban J connectivity index is 2.35. The quantitative estimate of drug-likeness (QED) is 0.922. The summed E-state index contributed by atoms with van der Waals surface area (Å²) in [5, 5.41) is 13.7. The van der Waals surface area contributed by atoms with Gasteiger partial charge in [0, 0.05) is 18.3 Å². The van der Waals surface area contributed by atoms with E-state index in [9.17, 15) is 0 Å². The third-order valence-electron chi connectivity index (χ3n) is 2.79. The fourth-order valence-electron chi connectivity index (χ4n) is 1.61. The van der Waals surface area contributed by atoms with Crippen LogP contribution in [0.15, 0.2) is 30.5 Å². The van der Waals surface area contributed by atoms with Crippen molar-refractivity contribution in [3.8, 4) is 17.3 Å². The second-order valence-corrected chi connectivity index (χ2v) is 4.48. The molecule has 0 unspecified atom stereocenters. The zero-order valence-electron chi connectivity index (χ0n) is 9.97. The van der Waals surface area contributed by atoms with Crippen molar-refractivity contribution in [1.29, 1.82) is 5.26 Å². The van der Waals surface area contributed by atoms with Crippen molar-refractivity contribution >= 4 is 11.6 Å².